The first-order valence-electron chi connectivity index (χ1n) is 6.37. The Labute approximate surface area is 108 Å². The fraction of sp³-hybridized carbons (Fsp3) is 0.692. The Morgan fingerprint density at radius 3 is 2.78 bits per heavy atom. The highest BCUT2D eigenvalue weighted by Crippen LogP contribution is 2.16. The maximum atomic E-state index is 11.4. The van der Waals surface area contributed by atoms with E-state index in [4.69, 9.17) is 10.5 Å². The molecule has 0 aromatic carbocycles. The fourth-order valence-electron chi connectivity index (χ4n) is 2.20. The minimum atomic E-state index is -0.277. The topological polar surface area (TPSA) is 72.6 Å². The number of primary amides is 1. The van der Waals surface area contributed by atoms with Crippen LogP contribution >= 0.6 is 0 Å². The second-order valence-corrected chi connectivity index (χ2v) is 4.58. The van der Waals surface area contributed by atoms with Gasteiger partial charge in [-0.15, -0.1) is 0 Å². The third kappa shape index (κ3) is 4.14. The van der Waals surface area contributed by atoms with E-state index >= 15 is 0 Å². The van der Waals surface area contributed by atoms with Crippen molar-refractivity contribution >= 4 is 11.9 Å². The molecule has 0 aromatic heterocycles. The first-order chi connectivity index (χ1) is 8.58. The van der Waals surface area contributed by atoms with Crippen molar-refractivity contribution in [1.29, 1.82) is 0 Å². The number of methoxy groups -OCH3 is 1. The van der Waals surface area contributed by atoms with Gasteiger partial charge in [0.05, 0.1) is 13.0 Å². The number of nitrogens with two attached hydrogens (primary N) is 1. The average Bonchev–Trinajstić information content (AvgIpc) is 2.39. The predicted molar refractivity (Wildman–Crippen MR) is 68.7 cm³/mol. The molecule has 0 radical (unpaired) electrons. The number of amides is 1. The molecular weight excluding hydrogens is 232 g/mol. The molecule has 1 heterocycles. The van der Waals surface area contributed by atoms with Crippen molar-refractivity contribution in [2.24, 2.45) is 11.7 Å². The number of piperidine rings is 1. The molecule has 1 amide bonds. The zero-order chi connectivity index (χ0) is 13.5. The van der Waals surface area contributed by atoms with E-state index in [0.29, 0.717) is 25.1 Å². The number of ether oxygens (including phenoxy) is 1. The van der Waals surface area contributed by atoms with Crippen molar-refractivity contribution < 1.29 is 14.3 Å². The summed E-state index contributed by atoms with van der Waals surface area (Å²) in [5.41, 5.74) is 6.01. The molecular formula is C13H22N2O3. The molecule has 0 saturated carbocycles. The SMILES string of the molecule is CCC(=CCN1CCCC(C(N)=O)C1)C(=O)OC. The van der Waals surface area contributed by atoms with Gasteiger partial charge in [0, 0.05) is 18.7 Å². The van der Waals surface area contributed by atoms with E-state index in [9.17, 15) is 9.59 Å². The summed E-state index contributed by atoms with van der Waals surface area (Å²) in [6.45, 7) is 4.22. The molecule has 102 valence electrons. The summed E-state index contributed by atoms with van der Waals surface area (Å²) in [6.07, 6.45) is 4.38. The molecule has 0 bridgehead atoms. The van der Waals surface area contributed by atoms with Gasteiger partial charge in [-0.3, -0.25) is 9.69 Å². The Morgan fingerprint density at radius 1 is 1.50 bits per heavy atom. The maximum Gasteiger partial charge on any atom is 0.333 e. The van der Waals surface area contributed by atoms with Gasteiger partial charge in [-0.05, 0) is 25.8 Å². The van der Waals surface area contributed by atoms with Crippen LogP contribution in [-0.2, 0) is 14.3 Å². The molecule has 0 spiro atoms. The van der Waals surface area contributed by atoms with Crippen molar-refractivity contribution in [2.45, 2.75) is 26.2 Å². The van der Waals surface area contributed by atoms with Crippen molar-refractivity contribution in [2.75, 3.05) is 26.7 Å². The third-order valence-corrected chi connectivity index (χ3v) is 3.33. The monoisotopic (exact) mass is 254 g/mol. The summed E-state index contributed by atoms with van der Waals surface area (Å²) in [5, 5.41) is 0. The Bertz CT molecular complexity index is 339. The molecule has 1 aliphatic rings. The molecule has 2 N–H and O–H groups in total. The van der Waals surface area contributed by atoms with E-state index in [1.54, 1.807) is 0 Å². The normalized spacial score (nSPS) is 21.7. The highest BCUT2D eigenvalue weighted by atomic mass is 16.5. The number of esters is 1. The quantitative estimate of drug-likeness (QED) is 0.579. The molecule has 5 nitrogen and oxygen atoms in total. The Balaban J connectivity index is 2.53. The van der Waals surface area contributed by atoms with Crippen molar-refractivity contribution in [3.63, 3.8) is 0 Å². The van der Waals surface area contributed by atoms with Crippen LogP contribution in [-0.4, -0.2) is 43.5 Å². The Kier molecular flexibility index (Phi) is 5.85. The lowest BCUT2D eigenvalue weighted by molar-refractivity contribution is -0.136. The molecule has 5 heteroatoms. The molecule has 1 fully saturated rings. The van der Waals surface area contributed by atoms with Crippen LogP contribution in [0.1, 0.15) is 26.2 Å². The van der Waals surface area contributed by atoms with Crippen LogP contribution in [0.15, 0.2) is 11.6 Å². The van der Waals surface area contributed by atoms with Gasteiger partial charge in [0.2, 0.25) is 5.91 Å². The predicted octanol–water partition coefficient (Wildman–Crippen LogP) is 0.693. The zero-order valence-corrected chi connectivity index (χ0v) is 11.1. The number of hydrogen-bond acceptors (Lipinski definition) is 4. The van der Waals surface area contributed by atoms with Gasteiger partial charge in [0.15, 0.2) is 0 Å². The second-order valence-electron chi connectivity index (χ2n) is 4.58. The summed E-state index contributed by atoms with van der Waals surface area (Å²) in [4.78, 5) is 24.7. The van der Waals surface area contributed by atoms with Gasteiger partial charge < -0.3 is 10.5 Å². The van der Waals surface area contributed by atoms with Gasteiger partial charge in [-0.25, -0.2) is 4.79 Å². The number of likely N-dealkylation sites (tertiary alicyclic amines) is 1. The number of rotatable bonds is 5. The Morgan fingerprint density at radius 2 is 2.22 bits per heavy atom. The molecule has 1 unspecified atom stereocenters. The van der Waals surface area contributed by atoms with Gasteiger partial charge in [-0.1, -0.05) is 13.0 Å². The molecule has 18 heavy (non-hydrogen) atoms. The minimum absolute atomic E-state index is 0.0599. The van der Waals surface area contributed by atoms with Gasteiger partial charge in [0.1, 0.15) is 0 Å². The van der Waals surface area contributed by atoms with E-state index in [1.807, 2.05) is 13.0 Å². The lowest BCUT2D eigenvalue weighted by Gasteiger charge is -2.30. The molecule has 1 saturated heterocycles. The minimum Gasteiger partial charge on any atom is -0.466 e. The van der Waals surface area contributed by atoms with E-state index in [2.05, 4.69) is 4.90 Å². The number of carbonyl (C=O) groups excluding carboxylic acids is 2. The van der Waals surface area contributed by atoms with E-state index in [-0.39, 0.29) is 17.8 Å². The van der Waals surface area contributed by atoms with Crippen molar-refractivity contribution in [3.8, 4) is 0 Å². The number of nitrogens with zero attached hydrogens (tertiary/aromatic N) is 1. The third-order valence-electron chi connectivity index (χ3n) is 3.33. The fourth-order valence-corrected chi connectivity index (χ4v) is 2.20. The van der Waals surface area contributed by atoms with Crippen molar-refractivity contribution in [3.05, 3.63) is 11.6 Å². The summed E-state index contributed by atoms with van der Waals surface area (Å²) in [5.74, 6) is -0.566. The van der Waals surface area contributed by atoms with Crippen LogP contribution in [0.2, 0.25) is 0 Å². The summed E-state index contributed by atoms with van der Waals surface area (Å²) in [7, 11) is 1.38. The maximum absolute atomic E-state index is 11.4. The lowest BCUT2D eigenvalue weighted by atomic mass is 9.97. The molecule has 1 aliphatic heterocycles. The first-order valence-corrected chi connectivity index (χ1v) is 6.37. The van der Waals surface area contributed by atoms with Crippen LogP contribution in [0.3, 0.4) is 0 Å². The second kappa shape index (κ2) is 7.16. The summed E-state index contributed by atoms with van der Waals surface area (Å²) in [6, 6.07) is 0. The van der Waals surface area contributed by atoms with Crippen LogP contribution in [0.5, 0.6) is 0 Å². The van der Waals surface area contributed by atoms with E-state index < -0.39 is 0 Å². The van der Waals surface area contributed by atoms with E-state index in [1.165, 1.54) is 7.11 Å². The Hall–Kier alpha value is -1.36. The molecule has 0 aliphatic carbocycles. The van der Waals surface area contributed by atoms with Gasteiger partial charge in [0.25, 0.3) is 0 Å². The molecule has 1 rings (SSSR count). The largest absolute Gasteiger partial charge is 0.466 e. The van der Waals surface area contributed by atoms with Crippen molar-refractivity contribution in [1.82, 2.24) is 4.90 Å². The number of carbonyl (C=O) groups is 2. The van der Waals surface area contributed by atoms with Crippen LogP contribution in [0.25, 0.3) is 0 Å². The molecule has 1 atom stereocenters. The van der Waals surface area contributed by atoms with E-state index in [0.717, 1.165) is 19.4 Å². The van der Waals surface area contributed by atoms with Gasteiger partial charge >= 0.3 is 5.97 Å². The smallest absolute Gasteiger partial charge is 0.333 e. The zero-order valence-electron chi connectivity index (χ0n) is 11.1. The summed E-state index contributed by atoms with van der Waals surface area (Å²) < 4.78 is 4.70. The first kappa shape index (κ1) is 14.7. The highest BCUT2D eigenvalue weighted by molar-refractivity contribution is 5.88. The standard InChI is InChI=1S/C13H22N2O3/c1-3-10(13(17)18-2)6-8-15-7-4-5-11(9-15)12(14)16/h6,11H,3-5,7-9H2,1-2H3,(H2,14,16). The summed E-state index contributed by atoms with van der Waals surface area (Å²) >= 11 is 0. The lowest BCUT2D eigenvalue weighted by Crippen LogP contribution is -2.41. The number of hydrogen-bond donors (Lipinski definition) is 1. The van der Waals surface area contributed by atoms with Crippen LogP contribution in [0.4, 0.5) is 0 Å². The van der Waals surface area contributed by atoms with Crippen LogP contribution in [0, 0.1) is 5.92 Å². The van der Waals surface area contributed by atoms with Crippen LogP contribution < -0.4 is 5.73 Å². The average molecular weight is 254 g/mol. The molecule has 0 aromatic rings. The van der Waals surface area contributed by atoms with Gasteiger partial charge in [-0.2, -0.15) is 0 Å². The highest BCUT2D eigenvalue weighted by Gasteiger charge is 2.23.